The van der Waals surface area contributed by atoms with Gasteiger partial charge in [0.1, 0.15) is 0 Å². The minimum atomic E-state index is -0.256. The summed E-state index contributed by atoms with van der Waals surface area (Å²) < 4.78 is 1.92. The number of hydrogen-bond donors (Lipinski definition) is 0. The predicted molar refractivity (Wildman–Crippen MR) is 54.6 cm³/mol. The van der Waals surface area contributed by atoms with Gasteiger partial charge in [-0.1, -0.05) is 0 Å². The molecule has 0 fully saturated rings. The SMILES string of the molecule is O=C(/C=C\[Te]Br)c1ccccc1. The van der Waals surface area contributed by atoms with E-state index in [9.17, 15) is 4.79 Å². The van der Waals surface area contributed by atoms with Gasteiger partial charge in [0.2, 0.25) is 0 Å². The fourth-order valence-electron chi connectivity index (χ4n) is 0.786. The summed E-state index contributed by atoms with van der Waals surface area (Å²) in [5, 5.41) is 0. The predicted octanol–water partition coefficient (Wildman–Crippen LogP) is 2.40. The molecule has 0 aliphatic carbocycles. The van der Waals surface area contributed by atoms with E-state index >= 15 is 0 Å². The first-order chi connectivity index (χ1) is 5.84. The normalized spacial score (nSPS) is 10.4. The molecule has 1 nitrogen and oxygen atoms in total. The number of halogens is 1. The van der Waals surface area contributed by atoms with Gasteiger partial charge < -0.3 is 0 Å². The van der Waals surface area contributed by atoms with Crippen molar-refractivity contribution in [3.8, 4) is 0 Å². The second-order valence-electron chi connectivity index (χ2n) is 2.12. The van der Waals surface area contributed by atoms with Crippen LogP contribution in [0.15, 0.2) is 40.5 Å². The molecule has 62 valence electrons. The number of rotatable bonds is 3. The Morgan fingerprint density at radius 3 is 2.58 bits per heavy atom. The van der Waals surface area contributed by atoms with Crippen molar-refractivity contribution in [3.63, 3.8) is 0 Å². The van der Waals surface area contributed by atoms with Crippen LogP contribution in [0.4, 0.5) is 0 Å². The number of benzene rings is 1. The summed E-state index contributed by atoms with van der Waals surface area (Å²) in [6, 6.07) is 9.28. The van der Waals surface area contributed by atoms with E-state index < -0.39 is 0 Å². The van der Waals surface area contributed by atoms with Crippen LogP contribution >= 0.6 is 12.8 Å². The van der Waals surface area contributed by atoms with E-state index in [-0.39, 0.29) is 24.5 Å². The molecule has 1 aromatic carbocycles. The van der Waals surface area contributed by atoms with Gasteiger partial charge in [-0.25, -0.2) is 0 Å². The molecule has 3 heteroatoms. The summed E-state index contributed by atoms with van der Waals surface area (Å²) in [5.41, 5.74) is 0.752. The number of hydrogen-bond acceptors (Lipinski definition) is 1. The van der Waals surface area contributed by atoms with Gasteiger partial charge in [-0.3, -0.25) is 0 Å². The number of allylic oxidation sites excluding steroid dienone is 1. The summed E-state index contributed by atoms with van der Waals surface area (Å²) >= 11 is 3.09. The van der Waals surface area contributed by atoms with Crippen LogP contribution in [0.1, 0.15) is 10.4 Å². The quantitative estimate of drug-likeness (QED) is 0.470. The van der Waals surface area contributed by atoms with Crippen LogP contribution in [-0.4, -0.2) is 24.5 Å². The zero-order chi connectivity index (χ0) is 8.81. The zero-order valence-electron chi connectivity index (χ0n) is 6.24. The molecule has 0 heterocycles. The zero-order valence-corrected chi connectivity index (χ0v) is 10.2. The first-order valence-electron chi connectivity index (χ1n) is 3.38. The van der Waals surface area contributed by atoms with Gasteiger partial charge in [0.15, 0.2) is 0 Å². The van der Waals surface area contributed by atoms with Crippen molar-refractivity contribution in [1.82, 2.24) is 0 Å². The van der Waals surface area contributed by atoms with E-state index in [1.807, 2.05) is 34.5 Å². The average molecular weight is 339 g/mol. The summed E-state index contributed by atoms with van der Waals surface area (Å²) in [5.74, 6) is 0.0835. The number of ketones is 1. The number of carbonyl (C=O) groups excluding carboxylic acids is 1. The Bertz CT molecular complexity index is 282. The van der Waals surface area contributed by atoms with E-state index in [1.54, 1.807) is 6.08 Å². The van der Waals surface area contributed by atoms with Crippen molar-refractivity contribution in [1.29, 1.82) is 0 Å². The van der Waals surface area contributed by atoms with Crippen molar-refractivity contribution in [3.05, 3.63) is 46.1 Å². The minimum absolute atomic E-state index is 0.0835. The van der Waals surface area contributed by atoms with Crippen molar-refractivity contribution in [2.45, 2.75) is 0 Å². The van der Waals surface area contributed by atoms with Gasteiger partial charge in [-0.15, -0.1) is 0 Å². The second kappa shape index (κ2) is 5.53. The van der Waals surface area contributed by atoms with E-state index in [4.69, 9.17) is 0 Å². The van der Waals surface area contributed by atoms with Gasteiger partial charge >= 0.3 is 88.1 Å². The summed E-state index contributed by atoms with van der Waals surface area (Å²) in [4.78, 5) is 11.3. The molecule has 0 saturated heterocycles. The Morgan fingerprint density at radius 2 is 2.00 bits per heavy atom. The third kappa shape index (κ3) is 3.10. The van der Waals surface area contributed by atoms with Crippen LogP contribution in [0, 0.1) is 0 Å². The Hall–Kier alpha value is -0.100. The van der Waals surface area contributed by atoms with E-state index in [1.165, 1.54) is 0 Å². The molecule has 1 aromatic rings. The van der Waals surface area contributed by atoms with Crippen LogP contribution in [0.5, 0.6) is 0 Å². The maximum atomic E-state index is 11.3. The molecule has 0 saturated carbocycles. The summed E-state index contributed by atoms with van der Waals surface area (Å²) in [6.07, 6.45) is 1.63. The van der Waals surface area contributed by atoms with Crippen LogP contribution in [0.3, 0.4) is 0 Å². The third-order valence-electron chi connectivity index (χ3n) is 1.33. The van der Waals surface area contributed by atoms with Gasteiger partial charge in [0, 0.05) is 0 Å². The van der Waals surface area contributed by atoms with Gasteiger partial charge in [0.25, 0.3) is 0 Å². The van der Waals surface area contributed by atoms with Gasteiger partial charge in [-0.2, -0.15) is 0 Å². The molecular formula is C9H7BrOTe. The van der Waals surface area contributed by atoms with Gasteiger partial charge in [-0.05, 0) is 0 Å². The summed E-state index contributed by atoms with van der Waals surface area (Å²) in [7, 11) is 0. The molecular weight excluding hydrogens is 332 g/mol. The topological polar surface area (TPSA) is 17.1 Å². The second-order valence-corrected chi connectivity index (χ2v) is 5.92. The number of carbonyl (C=O) groups is 1. The Balaban J connectivity index is 2.72. The van der Waals surface area contributed by atoms with Crippen molar-refractivity contribution in [2.75, 3.05) is 0 Å². The molecule has 0 amide bonds. The molecule has 0 spiro atoms. The van der Waals surface area contributed by atoms with E-state index in [2.05, 4.69) is 12.8 Å². The molecule has 12 heavy (non-hydrogen) atoms. The van der Waals surface area contributed by atoms with Crippen molar-refractivity contribution < 1.29 is 4.79 Å². The van der Waals surface area contributed by atoms with Crippen molar-refractivity contribution in [2.24, 2.45) is 0 Å². The molecule has 0 atom stereocenters. The molecule has 1 rings (SSSR count). The first-order valence-corrected chi connectivity index (χ1v) is 9.95. The fraction of sp³-hybridized carbons (Fsp3) is 0. The van der Waals surface area contributed by atoms with Crippen LogP contribution in [0.2, 0.25) is 0 Å². The first kappa shape index (κ1) is 9.98. The average Bonchev–Trinajstić information content (AvgIpc) is 2.15. The molecule has 0 radical (unpaired) electrons. The fourth-order valence-corrected chi connectivity index (χ4v) is 2.01. The standard InChI is InChI=1S/C9H7BrOTe/c10-12-7-6-9(11)8-4-2-1-3-5-8/h1-7H/b7-6-. The molecule has 0 aliphatic heterocycles. The molecule has 0 bridgehead atoms. The van der Waals surface area contributed by atoms with Gasteiger partial charge in [0.05, 0.1) is 0 Å². The van der Waals surface area contributed by atoms with Crippen LogP contribution in [-0.2, 0) is 0 Å². The maximum absolute atomic E-state index is 11.3. The summed E-state index contributed by atoms with van der Waals surface area (Å²) in [6.45, 7) is 0. The molecule has 0 N–H and O–H groups in total. The monoisotopic (exact) mass is 340 g/mol. The Morgan fingerprint density at radius 1 is 1.33 bits per heavy atom. The molecule has 0 aromatic heterocycles. The van der Waals surface area contributed by atoms with Crippen LogP contribution < -0.4 is 0 Å². The van der Waals surface area contributed by atoms with E-state index in [0.717, 1.165) is 5.56 Å². The Kier molecular flexibility index (Phi) is 4.60. The van der Waals surface area contributed by atoms with Crippen LogP contribution in [0.25, 0.3) is 0 Å². The van der Waals surface area contributed by atoms with Crippen molar-refractivity contribution >= 4 is 37.3 Å². The Labute approximate surface area is 87.7 Å². The van der Waals surface area contributed by atoms with E-state index in [0.29, 0.717) is 0 Å². The third-order valence-corrected chi connectivity index (χ3v) is 3.46. The molecule has 0 unspecified atom stereocenters. The molecule has 0 aliphatic rings.